The Morgan fingerprint density at radius 1 is 1.33 bits per heavy atom. The van der Waals surface area contributed by atoms with Crippen LogP contribution < -0.4 is 10.2 Å². The molecule has 0 aromatic carbocycles. The van der Waals surface area contributed by atoms with Crippen LogP contribution in [0.25, 0.3) is 0 Å². The van der Waals surface area contributed by atoms with E-state index in [1.165, 1.54) is 0 Å². The molecule has 5 nitrogen and oxygen atoms in total. The molecule has 0 spiro atoms. The molecule has 2 rings (SSSR count). The SMILES string of the molecule is CC(C)NC(=O)C1CCN(c2ncccn2)CC1. The normalized spacial score (nSPS) is 16.9. The molecule has 0 bridgehead atoms. The number of nitrogens with one attached hydrogen (secondary N) is 1. The number of hydrogen-bond donors (Lipinski definition) is 1. The fourth-order valence-electron chi connectivity index (χ4n) is 2.20. The van der Waals surface area contributed by atoms with Crippen molar-refractivity contribution in [3.05, 3.63) is 18.5 Å². The van der Waals surface area contributed by atoms with Crippen LogP contribution in [0.4, 0.5) is 5.95 Å². The molecule has 0 unspecified atom stereocenters. The van der Waals surface area contributed by atoms with Gasteiger partial charge in [0.25, 0.3) is 0 Å². The van der Waals surface area contributed by atoms with Crippen LogP contribution in [-0.2, 0) is 4.79 Å². The molecule has 2 heterocycles. The summed E-state index contributed by atoms with van der Waals surface area (Å²) in [6.07, 6.45) is 5.24. The number of amides is 1. The molecule has 0 radical (unpaired) electrons. The lowest BCUT2D eigenvalue weighted by Crippen LogP contribution is -2.42. The van der Waals surface area contributed by atoms with E-state index in [9.17, 15) is 4.79 Å². The number of carbonyl (C=O) groups is 1. The van der Waals surface area contributed by atoms with Gasteiger partial charge in [0.1, 0.15) is 0 Å². The number of rotatable bonds is 3. The highest BCUT2D eigenvalue weighted by Gasteiger charge is 2.26. The van der Waals surface area contributed by atoms with Crippen molar-refractivity contribution in [1.29, 1.82) is 0 Å². The van der Waals surface area contributed by atoms with Gasteiger partial charge >= 0.3 is 0 Å². The first-order chi connectivity index (χ1) is 8.66. The first kappa shape index (κ1) is 12.8. The predicted octanol–water partition coefficient (Wildman–Crippen LogP) is 1.22. The van der Waals surface area contributed by atoms with Crippen molar-refractivity contribution in [1.82, 2.24) is 15.3 Å². The summed E-state index contributed by atoms with van der Waals surface area (Å²) in [6.45, 7) is 5.68. The van der Waals surface area contributed by atoms with Gasteiger partial charge in [-0.05, 0) is 32.8 Å². The van der Waals surface area contributed by atoms with Gasteiger partial charge in [-0.2, -0.15) is 0 Å². The second kappa shape index (κ2) is 5.80. The van der Waals surface area contributed by atoms with Gasteiger partial charge in [-0.3, -0.25) is 4.79 Å². The van der Waals surface area contributed by atoms with E-state index in [1.807, 2.05) is 19.9 Å². The number of carbonyl (C=O) groups excluding carboxylic acids is 1. The first-order valence-electron chi connectivity index (χ1n) is 6.49. The van der Waals surface area contributed by atoms with E-state index in [1.54, 1.807) is 12.4 Å². The summed E-state index contributed by atoms with van der Waals surface area (Å²) < 4.78 is 0. The molecule has 1 aliphatic heterocycles. The molecule has 98 valence electrons. The Morgan fingerprint density at radius 3 is 2.50 bits per heavy atom. The topological polar surface area (TPSA) is 58.1 Å². The monoisotopic (exact) mass is 248 g/mol. The molecule has 0 aliphatic carbocycles. The van der Waals surface area contributed by atoms with E-state index in [0.29, 0.717) is 0 Å². The Morgan fingerprint density at radius 2 is 1.94 bits per heavy atom. The van der Waals surface area contributed by atoms with Crippen LogP contribution in [0.1, 0.15) is 26.7 Å². The number of aromatic nitrogens is 2. The van der Waals surface area contributed by atoms with Crippen molar-refractivity contribution in [3.8, 4) is 0 Å². The van der Waals surface area contributed by atoms with Crippen LogP contribution in [0.3, 0.4) is 0 Å². The summed E-state index contributed by atoms with van der Waals surface area (Å²) in [6, 6.07) is 2.03. The molecule has 5 heteroatoms. The average molecular weight is 248 g/mol. The summed E-state index contributed by atoms with van der Waals surface area (Å²) in [4.78, 5) is 22.5. The zero-order valence-corrected chi connectivity index (χ0v) is 11.0. The number of piperidine rings is 1. The van der Waals surface area contributed by atoms with Gasteiger partial charge in [-0.25, -0.2) is 9.97 Å². The minimum atomic E-state index is 0.132. The number of hydrogen-bond acceptors (Lipinski definition) is 4. The summed E-state index contributed by atoms with van der Waals surface area (Å²) >= 11 is 0. The summed E-state index contributed by atoms with van der Waals surface area (Å²) in [5.74, 6) is 1.08. The lowest BCUT2D eigenvalue weighted by atomic mass is 9.96. The summed E-state index contributed by atoms with van der Waals surface area (Å²) in [7, 11) is 0. The highest BCUT2D eigenvalue weighted by Crippen LogP contribution is 2.20. The first-order valence-corrected chi connectivity index (χ1v) is 6.49. The third kappa shape index (κ3) is 3.18. The molecule has 1 saturated heterocycles. The highest BCUT2D eigenvalue weighted by atomic mass is 16.1. The molecular formula is C13H20N4O. The lowest BCUT2D eigenvalue weighted by Gasteiger charge is -2.31. The van der Waals surface area contributed by atoms with Crippen molar-refractivity contribution < 1.29 is 4.79 Å². The van der Waals surface area contributed by atoms with Crippen molar-refractivity contribution in [2.75, 3.05) is 18.0 Å². The van der Waals surface area contributed by atoms with E-state index >= 15 is 0 Å². The van der Waals surface area contributed by atoms with Crippen LogP contribution in [0.5, 0.6) is 0 Å². The molecule has 0 atom stereocenters. The van der Waals surface area contributed by atoms with E-state index < -0.39 is 0 Å². The van der Waals surface area contributed by atoms with Gasteiger partial charge in [0, 0.05) is 37.4 Å². The van der Waals surface area contributed by atoms with Gasteiger partial charge in [-0.15, -0.1) is 0 Å². The third-order valence-corrected chi connectivity index (χ3v) is 3.13. The average Bonchev–Trinajstić information content (AvgIpc) is 2.39. The Balaban J connectivity index is 1.87. The highest BCUT2D eigenvalue weighted by molar-refractivity contribution is 5.79. The van der Waals surface area contributed by atoms with Gasteiger partial charge in [-0.1, -0.05) is 0 Å². The summed E-state index contributed by atoms with van der Waals surface area (Å²) in [5.41, 5.74) is 0. The molecule has 18 heavy (non-hydrogen) atoms. The van der Waals surface area contributed by atoms with Crippen LogP contribution in [0, 0.1) is 5.92 Å². The van der Waals surface area contributed by atoms with Gasteiger partial charge in [0.05, 0.1) is 0 Å². The van der Waals surface area contributed by atoms with Crippen molar-refractivity contribution in [2.24, 2.45) is 5.92 Å². The Bertz CT molecular complexity index is 385. The summed E-state index contributed by atoms with van der Waals surface area (Å²) in [5, 5.41) is 2.98. The fraction of sp³-hybridized carbons (Fsp3) is 0.615. The van der Waals surface area contributed by atoms with Gasteiger partial charge in [0.15, 0.2) is 0 Å². The molecule has 1 aromatic heterocycles. The molecule has 1 fully saturated rings. The maximum atomic E-state index is 11.9. The van der Waals surface area contributed by atoms with Crippen LogP contribution in [0.15, 0.2) is 18.5 Å². The fourth-order valence-corrected chi connectivity index (χ4v) is 2.20. The quantitative estimate of drug-likeness (QED) is 0.873. The standard InChI is InChI=1S/C13H20N4O/c1-10(2)16-12(18)11-4-8-17(9-5-11)13-14-6-3-7-15-13/h3,6-7,10-11H,4-5,8-9H2,1-2H3,(H,16,18). The molecule has 1 N–H and O–H groups in total. The minimum absolute atomic E-state index is 0.132. The lowest BCUT2D eigenvalue weighted by molar-refractivity contribution is -0.126. The molecule has 0 saturated carbocycles. The second-order valence-corrected chi connectivity index (χ2v) is 4.97. The molecular weight excluding hydrogens is 228 g/mol. The van der Waals surface area contributed by atoms with Crippen molar-refractivity contribution in [3.63, 3.8) is 0 Å². The third-order valence-electron chi connectivity index (χ3n) is 3.13. The van der Waals surface area contributed by atoms with Crippen molar-refractivity contribution >= 4 is 11.9 Å². The van der Waals surface area contributed by atoms with Crippen molar-refractivity contribution in [2.45, 2.75) is 32.7 Å². The smallest absolute Gasteiger partial charge is 0.225 e. The Labute approximate surface area is 108 Å². The van der Waals surface area contributed by atoms with E-state index in [2.05, 4.69) is 20.2 Å². The number of nitrogens with zero attached hydrogens (tertiary/aromatic N) is 3. The number of anilines is 1. The van der Waals surface area contributed by atoms with Gasteiger partial charge < -0.3 is 10.2 Å². The van der Waals surface area contributed by atoms with E-state index in [4.69, 9.17) is 0 Å². The predicted molar refractivity (Wildman–Crippen MR) is 70.2 cm³/mol. The van der Waals surface area contributed by atoms with Crippen LogP contribution in [-0.4, -0.2) is 35.0 Å². The minimum Gasteiger partial charge on any atom is -0.354 e. The van der Waals surface area contributed by atoms with Gasteiger partial charge in [0.2, 0.25) is 11.9 Å². The largest absolute Gasteiger partial charge is 0.354 e. The molecule has 1 aromatic rings. The zero-order valence-electron chi connectivity index (χ0n) is 11.0. The molecule has 1 amide bonds. The molecule has 1 aliphatic rings. The maximum Gasteiger partial charge on any atom is 0.225 e. The maximum absolute atomic E-state index is 11.9. The van der Waals surface area contributed by atoms with Crippen LogP contribution >= 0.6 is 0 Å². The Hall–Kier alpha value is -1.65. The zero-order chi connectivity index (χ0) is 13.0. The Kier molecular flexibility index (Phi) is 4.12. The van der Waals surface area contributed by atoms with E-state index in [-0.39, 0.29) is 17.9 Å². The van der Waals surface area contributed by atoms with E-state index in [0.717, 1.165) is 31.9 Å². The second-order valence-electron chi connectivity index (χ2n) is 4.97. The van der Waals surface area contributed by atoms with Crippen LogP contribution in [0.2, 0.25) is 0 Å².